The maximum atomic E-state index is 2.44. The molecule has 0 saturated carbocycles. The molecule has 1 aliphatic rings. The lowest BCUT2D eigenvalue weighted by atomic mass is 10.1. The van der Waals surface area contributed by atoms with Gasteiger partial charge in [0.25, 0.3) is 0 Å². The fourth-order valence-corrected chi connectivity index (χ4v) is 2.37. The Balaban J connectivity index is 0.00000169. The van der Waals surface area contributed by atoms with Crippen LogP contribution < -0.4 is 0 Å². The van der Waals surface area contributed by atoms with Gasteiger partial charge in [-0.15, -0.1) is 35.7 Å². The van der Waals surface area contributed by atoms with E-state index in [0.29, 0.717) is 5.37 Å². The summed E-state index contributed by atoms with van der Waals surface area (Å²) in [4.78, 5) is 2.44. The largest absolute Gasteiger partial charge is 0.365 e. The molecule has 0 amide bonds. The molecule has 84 valence electrons. The van der Waals surface area contributed by atoms with E-state index in [9.17, 15) is 0 Å². The van der Waals surface area contributed by atoms with Crippen LogP contribution in [0.15, 0.2) is 11.6 Å². The van der Waals surface area contributed by atoms with Crippen molar-refractivity contribution in [3.05, 3.63) is 11.6 Å². The first kappa shape index (κ1) is 14.6. The third kappa shape index (κ3) is 5.49. The van der Waals surface area contributed by atoms with E-state index >= 15 is 0 Å². The van der Waals surface area contributed by atoms with E-state index in [4.69, 9.17) is 0 Å². The Morgan fingerprint density at radius 1 is 1.21 bits per heavy atom. The summed E-state index contributed by atoms with van der Waals surface area (Å²) in [5, 5.41) is 2.88. The van der Waals surface area contributed by atoms with Crippen molar-refractivity contribution in [2.24, 2.45) is 0 Å². The summed E-state index contributed by atoms with van der Waals surface area (Å²) in [7, 11) is 0. The fourth-order valence-electron chi connectivity index (χ4n) is 1.58. The van der Waals surface area contributed by atoms with Gasteiger partial charge in [-0.25, -0.2) is 0 Å². The second-order valence-corrected chi connectivity index (χ2v) is 4.90. The fraction of sp³-hybridized carbons (Fsp3) is 0.818. The van der Waals surface area contributed by atoms with E-state index in [-0.39, 0.29) is 24.0 Å². The molecule has 0 aromatic carbocycles. The molecule has 14 heavy (non-hydrogen) atoms. The molecule has 1 aliphatic heterocycles. The standard InChI is InChI=1S/C11H21NS.HI/c1-3-4-5-6-7-8-12-9-10-13-11(12)2;/h9-11H,3-8H2,1-2H3;1H. The molecular formula is C11H22INS. The van der Waals surface area contributed by atoms with Crippen LogP contribution in [0.4, 0.5) is 0 Å². The van der Waals surface area contributed by atoms with Crippen LogP contribution in [0, 0.1) is 0 Å². The van der Waals surface area contributed by atoms with Crippen LogP contribution in [0.2, 0.25) is 0 Å². The van der Waals surface area contributed by atoms with E-state index in [2.05, 4.69) is 30.4 Å². The molecule has 0 bridgehead atoms. The first-order chi connectivity index (χ1) is 6.34. The Morgan fingerprint density at radius 2 is 1.93 bits per heavy atom. The molecule has 0 saturated heterocycles. The lowest BCUT2D eigenvalue weighted by molar-refractivity contribution is 0.363. The van der Waals surface area contributed by atoms with Crippen molar-refractivity contribution >= 4 is 35.7 Å². The second-order valence-electron chi connectivity index (χ2n) is 3.67. The number of rotatable bonds is 6. The number of hydrogen-bond donors (Lipinski definition) is 0. The number of thioether (sulfide) groups is 1. The highest BCUT2D eigenvalue weighted by atomic mass is 127. The van der Waals surface area contributed by atoms with E-state index in [1.165, 1.54) is 38.6 Å². The van der Waals surface area contributed by atoms with Crippen LogP contribution in [0.1, 0.15) is 46.0 Å². The van der Waals surface area contributed by atoms with Gasteiger partial charge in [0.1, 0.15) is 0 Å². The summed E-state index contributed by atoms with van der Waals surface area (Å²) in [6, 6.07) is 0. The minimum Gasteiger partial charge on any atom is -0.365 e. The molecule has 1 nitrogen and oxygen atoms in total. The molecule has 1 rings (SSSR count). The van der Waals surface area contributed by atoms with E-state index in [0.717, 1.165) is 0 Å². The van der Waals surface area contributed by atoms with Gasteiger partial charge in [-0.05, 0) is 18.8 Å². The number of halogens is 1. The highest BCUT2D eigenvalue weighted by molar-refractivity contribution is 14.0. The Hall–Kier alpha value is 0.620. The quantitative estimate of drug-likeness (QED) is 0.524. The van der Waals surface area contributed by atoms with Crippen LogP contribution >= 0.6 is 35.7 Å². The van der Waals surface area contributed by atoms with Gasteiger partial charge in [-0.2, -0.15) is 0 Å². The van der Waals surface area contributed by atoms with Crippen molar-refractivity contribution in [1.29, 1.82) is 0 Å². The first-order valence-corrected chi connectivity index (χ1v) is 6.36. The topological polar surface area (TPSA) is 3.24 Å². The summed E-state index contributed by atoms with van der Waals surface area (Å²) in [5.41, 5.74) is 0. The molecule has 0 aromatic rings. The molecule has 0 radical (unpaired) electrons. The summed E-state index contributed by atoms with van der Waals surface area (Å²) in [5.74, 6) is 0. The molecule has 1 unspecified atom stereocenters. The minimum atomic E-state index is 0. The van der Waals surface area contributed by atoms with Gasteiger partial charge in [0.15, 0.2) is 0 Å². The Bertz CT molecular complexity index is 161. The first-order valence-electron chi connectivity index (χ1n) is 5.42. The Morgan fingerprint density at radius 3 is 2.50 bits per heavy atom. The van der Waals surface area contributed by atoms with Gasteiger partial charge in [0, 0.05) is 12.7 Å². The predicted octanol–water partition coefficient (Wildman–Crippen LogP) is 4.44. The van der Waals surface area contributed by atoms with E-state index in [1.807, 2.05) is 11.8 Å². The van der Waals surface area contributed by atoms with Gasteiger partial charge in [0.2, 0.25) is 0 Å². The maximum absolute atomic E-state index is 2.44. The van der Waals surface area contributed by atoms with Crippen LogP contribution in [0.25, 0.3) is 0 Å². The number of unbranched alkanes of at least 4 members (excludes halogenated alkanes) is 4. The van der Waals surface area contributed by atoms with Crippen molar-refractivity contribution in [2.45, 2.75) is 51.3 Å². The number of nitrogens with zero attached hydrogens (tertiary/aromatic N) is 1. The van der Waals surface area contributed by atoms with Crippen LogP contribution in [0.3, 0.4) is 0 Å². The average Bonchev–Trinajstić information content (AvgIpc) is 2.52. The Kier molecular flexibility index (Phi) is 9.28. The molecular weight excluding hydrogens is 305 g/mol. The lowest BCUT2D eigenvalue weighted by Crippen LogP contribution is -2.22. The summed E-state index contributed by atoms with van der Waals surface area (Å²) >= 11 is 1.92. The minimum absolute atomic E-state index is 0. The van der Waals surface area contributed by atoms with Gasteiger partial charge in [-0.3, -0.25) is 0 Å². The molecule has 1 atom stereocenters. The zero-order chi connectivity index (χ0) is 9.52. The number of hydrogen-bond acceptors (Lipinski definition) is 2. The van der Waals surface area contributed by atoms with Gasteiger partial charge >= 0.3 is 0 Å². The Labute approximate surface area is 110 Å². The molecule has 0 spiro atoms. The molecule has 0 aliphatic carbocycles. The van der Waals surface area contributed by atoms with Gasteiger partial charge in [0.05, 0.1) is 5.37 Å². The third-order valence-corrected chi connectivity index (χ3v) is 3.46. The van der Waals surface area contributed by atoms with E-state index in [1.54, 1.807) is 0 Å². The van der Waals surface area contributed by atoms with Crippen molar-refractivity contribution < 1.29 is 0 Å². The van der Waals surface area contributed by atoms with Gasteiger partial charge in [-0.1, -0.05) is 32.6 Å². The molecule has 0 N–H and O–H groups in total. The van der Waals surface area contributed by atoms with Crippen LogP contribution in [-0.4, -0.2) is 16.8 Å². The normalized spacial score (nSPS) is 19.9. The van der Waals surface area contributed by atoms with Crippen molar-refractivity contribution in [1.82, 2.24) is 4.90 Å². The average molecular weight is 327 g/mol. The third-order valence-electron chi connectivity index (χ3n) is 2.51. The van der Waals surface area contributed by atoms with Crippen molar-refractivity contribution in [3.63, 3.8) is 0 Å². The zero-order valence-corrected chi connectivity index (χ0v) is 12.4. The van der Waals surface area contributed by atoms with Crippen molar-refractivity contribution in [3.8, 4) is 0 Å². The molecule has 0 fully saturated rings. The maximum Gasteiger partial charge on any atom is 0.0758 e. The molecule has 3 heteroatoms. The lowest BCUT2D eigenvalue weighted by Gasteiger charge is -2.20. The van der Waals surface area contributed by atoms with Crippen LogP contribution in [-0.2, 0) is 0 Å². The summed E-state index contributed by atoms with van der Waals surface area (Å²) in [6.45, 7) is 5.78. The SMILES string of the molecule is CCCCCCCN1C=CSC1C.I. The van der Waals surface area contributed by atoms with E-state index < -0.39 is 0 Å². The highest BCUT2D eigenvalue weighted by Crippen LogP contribution is 2.24. The smallest absolute Gasteiger partial charge is 0.0758 e. The van der Waals surface area contributed by atoms with Crippen molar-refractivity contribution in [2.75, 3.05) is 6.54 Å². The predicted molar refractivity (Wildman–Crippen MR) is 77.1 cm³/mol. The van der Waals surface area contributed by atoms with Gasteiger partial charge < -0.3 is 4.90 Å². The second kappa shape index (κ2) is 8.89. The summed E-state index contributed by atoms with van der Waals surface area (Å²) in [6.07, 6.45) is 9.14. The van der Waals surface area contributed by atoms with Crippen LogP contribution in [0.5, 0.6) is 0 Å². The monoisotopic (exact) mass is 327 g/mol. The molecule has 1 heterocycles. The summed E-state index contributed by atoms with van der Waals surface area (Å²) < 4.78 is 0. The zero-order valence-electron chi connectivity index (χ0n) is 9.24. The molecule has 0 aromatic heterocycles. The highest BCUT2D eigenvalue weighted by Gasteiger charge is 2.12.